The number of rotatable bonds is 5. The Hall–Kier alpha value is -3.45. The lowest BCUT2D eigenvalue weighted by atomic mass is 10.1. The number of nitrogens with zero attached hydrogens (tertiary/aromatic N) is 3. The molecule has 140 valence electrons. The first-order valence-corrected chi connectivity index (χ1v) is 8.76. The standard InChI is InChI=1S/C20H14ClFN4O2/c21-15-3-1-2-13(10-15)12-26-9-8-19(24-26)23-20(27)17-11-18(28-25-17)14-4-6-16(22)7-5-14/h1-11H,12H2,(H,23,24,27). The largest absolute Gasteiger partial charge is 0.355 e. The maximum Gasteiger partial charge on any atom is 0.279 e. The third-order valence-corrected chi connectivity index (χ3v) is 4.22. The van der Waals surface area contributed by atoms with Gasteiger partial charge >= 0.3 is 0 Å². The maximum absolute atomic E-state index is 13.0. The number of anilines is 1. The molecule has 0 aliphatic rings. The molecule has 0 spiro atoms. The number of amides is 1. The van der Waals surface area contributed by atoms with Crippen LogP contribution in [0.3, 0.4) is 0 Å². The Morgan fingerprint density at radius 3 is 2.75 bits per heavy atom. The first-order valence-electron chi connectivity index (χ1n) is 8.39. The molecule has 0 radical (unpaired) electrons. The molecule has 2 aromatic carbocycles. The van der Waals surface area contributed by atoms with Gasteiger partial charge in [0.05, 0.1) is 6.54 Å². The van der Waals surface area contributed by atoms with Crippen LogP contribution in [0.15, 0.2) is 71.4 Å². The highest BCUT2D eigenvalue weighted by atomic mass is 35.5. The van der Waals surface area contributed by atoms with E-state index in [0.717, 1.165) is 5.56 Å². The molecule has 1 amide bonds. The van der Waals surface area contributed by atoms with Gasteiger partial charge in [-0.15, -0.1) is 0 Å². The van der Waals surface area contributed by atoms with Gasteiger partial charge in [0.2, 0.25) is 0 Å². The van der Waals surface area contributed by atoms with E-state index in [4.69, 9.17) is 16.1 Å². The predicted molar refractivity (Wildman–Crippen MR) is 103 cm³/mol. The predicted octanol–water partition coefficient (Wildman–Crippen LogP) is 4.63. The van der Waals surface area contributed by atoms with E-state index >= 15 is 0 Å². The second kappa shape index (κ2) is 7.66. The fraction of sp³-hybridized carbons (Fsp3) is 0.0500. The van der Waals surface area contributed by atoms with Crippen LogP contribution in [-0.4, -0.2) is 20.8 Å². The van der Waals surface area contributed by atoms with E-state index in [0.29, 0.717) is 28.7 Å². The van der Waals surface area contributed by atoms with Gasteiger partial charge in [-0.25, -0.2) is 4.39 Å². The number of carbonyl (C=O) groups excluding carboxylic acids is 1. The van der Waals surface area contributed by atoms with Crippen LogP contribution in [0.2, 0.25) is 5.02 Å². The van der Waals surface area contributed by atoms with Crippen LogP contribution in [0.4, 0.5) is 10.2 Å². The molecule has 28 heavy (non-hydrogen) atoms. The molecular formula is C20H14ClFN4O2. The van der Waals surface area contributed by atoms with Gasteiger partial charge in [0.1, 0.15) is 5.82 Å². The van der Waals surface area contributed by atoms with E-state index in [1.807, 2.05) is 18.2 Å². The van der Waals surface area contributed by atoms with Gasteiger partial charge < -0.3 is 9.84 Å². The van der Waals surface area contributed by atoms with Crippen molar-refractivity contribution in [3.8, 4) is 11.3 Å². The van der Waals surface area contributed by atoms with E-state index in [2.05, 4.69) is 15.6 Å². The number of hydrogen-bond acceptors (Lipinski definition) is 4. The van der Waals surface area contributed by atoms with Crippen molar-refractivity contribution in [2.45, 2.75) is 6.54 Å². The van der Waals surface area contributed by atoms with Crippen LogP contribution in [0.25, 0.3) is 11.3 Å². The lowest BCUT2D eigenvalue weighted by Gasteiger charge is -2.02. The molecule has 0 aliphatic heterocycles. The molecule has 0 saturated heterocycles. The van der Waals surface area contributed by atoms with Crippen LogP contribution in [0.1, 0.15) is 16.1 Å². The van der Waals surface area contributed by atoms with Gasteiger partial charge in [-0.2, -0.15) is 5.10 Å². The number of nitrogens with one attached hydrogen (secondary N) is 1. The Kier molecular flexibility index (Phi) is 4.90. The minimum atomic E-state index is -0.454. The van der Waals surface area contributed by atoms with Crippen molar-refractivity contribution in [1.82, 2.24) is 14.9 Å². The van der Waals surface area contributed by atoms with E-state index in [1.54, 1.807) is 35.1 Å². The SMILES string of the molecule is O=C(Nc1ccn(Cc2cccc(Cl)c2)n1)c1cc(-c2ccc(F)cc2)on1. The lowest BCUT2D eigenvalue weighted by molar-refractivity contribution is 0.101. The van der Waals surface area contributed by atoms with Gasteiger partial charge in [-0.05, 0) is 42.0 Å². The Balaban J connectivity index is 1.43. The first-order chi connectivity index (χ1) is 13.6. The Bertz CT molecular complexity index is 1120. The monoisotopic (exact) mass is 396 g/mol. The van der Waals surface area contributed by atoms with Crippen LogP contribution in [0, 0.1) is 5.82 Å². The van der Waals surface area contributed by atoms with Gasteiger partial charge in [0, 0.05) is 28.9 Å². The van der Waals surface area contributed by atoms with Crippen molar-refractivity contribution >= 4 is 23.3 Å². The summed E-state index contributed by atoms with van der Waals surface area (Å²) >= 11 is 5.99. The van der Waals surface area contributed by atoms with Gasteiger partial charge in [-0.3, -0.25) is 9.48 Å². The summed E-state index contributed by atoms with van der Waals surface area (Å²) in [5.74, 6) is -0.0466. The summed E-state index contributed by atoms with van der Waals surface area (Å²) in [7, 11) is 0. The number of halogens is 2. The molecular weight excluding hydrogens is 383 g/mol. The van der Waals surface area contributed by atoms with Gasteiger partial charge in [0.15, 0.2) is 17.3 Å². The molecule has 0 atom stereocenters. The summed E-state index contributed by atoms with van der Waals surface area (Å²) in [6.07, 6.45) is 1.75. The molecule has 4 aromatic rings. The number of carbonyl (C=O) groups is 1. The van der Waals surface area contributed by atoms with E-state index < -0.39 is 5.91 Å². The van der Waals surface area contributed by atoms with Crippen molar-refractivity contribution < 1.29 is 13.7 Å². The number of benzene rings is 2. The van der Waals surface area contributed by atoms with Crippen molar-refractivity contribution in [2.75, 3.05) is 5.32 Å². The second-order valence-electron chi connectivity index (χ2n) is 6.07. The summed E-state index contributed by atoms with van der Waals surface area (Å²) in [4.78, 5) is 12.4. The molecule has 2 aromatic heterocycles. The molecule has 0 bridgehead atoms. The molecule has 1 N–H and O–H groups in total. The second-order valence-corrected chi connectivity index (χ2v) is 6.50. The summed E-state index contributed by atoms with van der Waals surface area (Å²) in [5, 5.41) is 11.4. The Morgan fingerprint density at radius 2 is 1.96 bits per heavy atom. The van der Waals surface area contributed by atoms with Gasteiger partial charge in [0.25, 0.3) is 5.91 Å². The average molecular weight is 397 g/mol. The average Bonchev–Trinajstić information content (AvgIpc) is 3.32. The van der Waals surface area contributed by atoms with Crippen LogP contribution in [0.5, 0.6) is 0 Å². The van der Waals surface area contributed by atoms with Crippen molar-refractivity contribution in [2.24, 2.45) is 0 Å². The quantitative estimate of drug-likeness (QED) is 0.533. The molecule has 0 aliphatic carbocycles. The molecule has 0 fully saturated rings. The van der Waals surface area contributed by atoms with Gasteiger partial charge in [-0.1, -0.05) is 28.9 Å². The normalized spacial score (nSPS) is 10.8. The highest BCUT2D eigenvalue weighted by Crippen LogP contribution is 2.21. The molecule has 6 nitrogen and oxygen atoms in total. The fourth-order valence-corrected chi connectivity index (χ4v) is 2.86. The summed E-state index contributed by atoms with van der Waals surface area (Å²) in [5.41, 5.74) is 1.72. The zero-order valence-electron chi connectivity index (χ0n) is 14.5. The molecule has 8 heteroatoms. The Labute approximate surface area is 164 Å². The summed E-state index contributed by atoms with van der Waals surface area (Å²) < 4.78 is 19.9. The van der Waals surface area contributed by atoms with Crippen molar-refractivity contribution in [1.29, 1.82) is 0 Å². The highest BCUT2D eigenvalue weighted by Gasteiger charge is 2.15. The minimum Gasteiger partial charge on any atom is -0.355 e. The van der Waals surface area contributed by atoms with Crippen molar-refractivity contribution in [3.05, 3.63) is 89.0 Å². The number of hydrogen-bond donors (Lipinski definition) is 1. The zero-order chi connectivity index (χ0) is 19.5. The molecule has 4 rings (SSSR count). The lowest BCUT2D eigenvalue weighted by Crippen LogP contribution is -2.13. The third-order valence-electron chi connectivity index (χ3n) is 3.99. The summed E-state index contributed by atoms with van der Waals surface area (Å²) in [6, 6.07) is 16.4. The van der Waals surface area contributed by atoms with Crippen LogP contribution >= 0.6 is 11.6 Å². The number of aromatic nitrogens is 3. The molecule has 0 unspecified atom stereocenters. The van der Waals surface area contributed by atoms with Crippen LogP contribution < -0.4 is 5.32 Å². The fourth-order valence-electron chi connectivity index (χ4n) is 2.65. The zero-order valence-corrected chi connectivity index (χ0v) is 15.2. The smallest absolute Gasteiger partial charge is 0.279 e. The Morgan fingerprint density at radius 1 is 1.14 bits per heavy atom. The van der Waals surface area contributed by atoms with E-state index in [-0.39, 0.29) is 11.5 Å². The summed E-state index contributed by atoms with van der Waals surface area (Å²) in [6.45, 7) is 0.523. The third kappa shape index (κ3) is 4.10. The van der Waals surface area contributed by atoms with E-state index in [9.17, 15) is 9.18 Å². The first kappa shape index (κ1) is 17.9. The maximum atomic E-state index is 13.0. The molecule has 0 saturated carbocycles. The topological polar surface area (TPSA) is 73.0 Å². The molecule has 2 heterocycles. The highest BCUT2D eigenvalue weighted by molar-refractivity contribution is 6.30. The van der Waals surface area contributed by atoms with Crippen LogP contribution in [-0.2, 0) is 6.54 Å². The van der Waals surface area contributed by atoms with Crippen molar-refractivity contribution in [3.63, 3.8) is 0 Å². The van der Waals surface area contributed by atoms with E-state index in [1.165, 1.54) is 18.2 Å². The minimum absolute atomic E-state index is 0.101.